The molecular formula is C26H22N6O4S2. The molecule has 0 saturated carbocycles. The minimum atomic E-state index is -3.28. The zero-order chi connectivity index (χ0) is 26.4. The molecule has 0 saturated heterocycles. The fourth-order valence-electron chi connectivity index (χ4n) is 4.51. The van der Waals surface area contributed by atoms with Crippen molar-refractivity contribution in [3.05, 3.63) is 81.6 Å². The van der Waals surface area contributed by atoms with E-state index in [1.165, 1.54) is 21.9 Å². The highest BCUT2D eigenvalue weighted by Gasteiger charge is 2.27. The second kappa shape index (κ2) is 9.39. The Bertz CT molecular complexity index is 1840. The molecule has 38 heavy (non-hydrogen) atoms. The zero-order valence-electron chi connectivity index (χ0n) is 20.3. The smallest absolute Gasteiger partial charge is 0.276 e. The van der Waals surface area contributed by atoms with E-state index in [-0.39, 0.29) is 30.4 Å². The number of nitrogens with zero attached hydrogens (tertiary/aromatic N) is 4. The Labute approximate surface area is 221 Å². The number of carbonyl (C=O) groups is 2. The number of hydrogen-bond acceptors (Lipinski definition) is 8. The van der Waals surface area contributed by atoms with Gasteiger partial charge in [0.1, 0.15) is 16.2 Å². The van der Waals surface area contributed by atoms with Gasteiger partial charge in [-0.2, -0.15) is 4.31 Å². The van der Waals surface area contributed by atoms with E-state index in [0.29, 0.717) is 34.6 Å². The van der Waals surface area contributed by atoms with Crippen LogP contribution in [0.25, 0.3) is 21.8 Å². The number of aromatic amines is 1. The maximum absolute atomic E-state index is 13.3. The molecule has 5 aromatic rings. The van der Waals surface area contributed by atoms with Crippen LogP contribution in [-0.2, 0) is 29.4 Å². The SMILES string of the molecule is CS(=O)(=O)N1CCc2nc(CC(=O)c3cccc4[nH]c(NC(=O)c5cc6ccccc6cn5)nc34)sc2C1. The number of amides is 1. The Morgan fingerprint density at radius 2 is 1.92 bits per heavy atom. The van der Waals surface area contributed by atoms with Crippen molar-refractivity contribution >= 4 is 60.8 Å². The quantitative estimate of drug-likeness (QED) is 0.311. The number of Topliss-reactive ketones (excluding diaryl/α,β-unsaturated/α-hetero) is 1. The number of benzene rings is 2. The van der Waals surface area contributed by atoms with Gasteiger partial charge in [0, 0.05) is 41.5 Å². The predicted octanol–water partition coefficient (Wildman–Crippen LogP) is 3.56. The van der Waals surface area contributed by atoms with Crippen LogP contribution in [-0.4, -0.2) is 57.1 Å². The normalized spacial score (nSPS) is 14.0. The number of para-hydroxylation sites is 1. The van der Waals surface area contributed by atoms with Gasteiger partial charge in [0.05, 0.1) is 23.9 Å². The molecule has 0 aliphatic carbocycles. The van der Waals surface area contributed by atoms with Crippen molar-refractivity contribution in [2.24, 2.45) is 0 Å². The van der Waals surface area contributed by atoms with Crippen LogP contribution in [0.1, 0.15) is 36.4 Å². The van der Waals surface area contributed by atoms with Gasteiger partial charge in [-0.25, -0.2) is 18.4 Å². The highest BCUT2D eigenvalue weighted by atomic mass is 32.2. The van der Waals surface area contributed by atoms with Crippen molar-refractivity contribution in [1.29, 1.82) is 0 Å². The molecule has 12 heteroatoms. The lowest BCUT2D eigenvalue weighted by Crippen LogP contribution is -2.34. The molecule has 192 valence electrons. The van der Waals surface area contributed by atoms with E-state index < -0.39 is 15.9 Å². The largest absolute Gasteiger partial charge is 0.324 e. The highest BCUT2D eigenvalue weighted by Crippen LogP contribution is 2.28. The Kier molecular flexibility index (Phi) is 6.01. The van der Waals surface area contributed by atoms with Gasteiger partial charge in [0.15, 0.2) is 5.78 Å². The number of aromatic nitrogens is 4. The van der Waals surface area contributed by atoms with Gasteiger partial charge in [0.25, 0.3) is 5.91 Å². The maximum atomic E-state index is 13.3. The molecule has 0 spiro atoms. The van der Waals surface area contributed by atoms with Crippen LogP contribution in [0.4, 0.5) is 5.95 Å². The monoisotopic (exact) mass is 546 g/mol. The van der Waals surface area contributed by atoms with Crippen molar-refractivity contribution < 1.29 is 18.0 Å². The molecule has 3 aromatic heterocycles. The third-order valence-corrected chi connectivity index (χ3v) is 8.76. The third kappa shape index (κ3) is 4.69. The average molecular weight is 547 g/mol. The Hall–Kier alpha value is -4.00. The first-order valence-electron chi connectivity index (χ1n) is 11.9. The average Bonchev–Trinajstić information content (AvgIpc) is 3.49. The van der Waals surface area contributed by atoms with Crippen LogP contribution >= 0.6 is 11.3 Å². The van der Waals surface area contributed by atoms with E-state index in [9.17, 15) is 18.0 Å². The Morgan fingerprint density at radius 1 is 1.11 bits per heavy atom. The van der Waals surface area contributed by atoms with E-state index in [0.717, 1.165) is 21.3 Å². The molecule has 2 N–H and O–H groups in total. The second-order valence-electron chi connectivity index (χ2n) is 9.08. The summed E-state index contributed by atoms with van der Waals surface area (Å²) in [5.74, 6) is -0.368. The summed E-state index contributed by atoms with van der Waals surface area (Å²) < 4.78 is 25.2. The molecule has 1 aliphatic heterocycles. The van der Waals surface area contributed by atoms with Gasteiger partial charge < -0.3 is 4.98 Å². The van der Waals surface area contributed by atoms with Crippen LogP contribution in [0.5, 0.6) is 0 Å². The second-order valence-corrected chi connectivity index (χ2v) is 12.2. The van der Waals surface area contributed by atoms with Crippen molar-refractivity contribution in [1.82, 2.24) is 24.2 Å². The third-order valence-electron chi connectivity index (χ3n) is 6.43. The number of imidazole rings is 1. The number of nitrogens with one attached hydrogen (secondary N) is 2. The summed E-state index contributed by atoms with van der Waals surface area (Å²) in [6.45, 7) is 0.669. The van der Waals surface area contributed by atoms with Crippen LogP contribution < -0.4 is 5.32 Å². The first-order chi connectivity index (χ1) is 18.2. The molecular weight excluding hydrogens is 524 g/mol. The fourth-order valence-corrected chi connectivity index (χ4v) is 6.51. The van der Waals surface area contributed by atoms with Crippen LogP contribution in [0.2, 0.25) is 0 Å². The van der Waals surface area contributed by atoms with Crippen molar-refractivity contribution in [2.75, 3.05) is 18.1 Å². The fraction of sp³-hybridized carbons (Fsp3) is 0.192. The summed E-state index contributed by atoms with van der Waals surface area (Å²) in [4.78, 5) is 43.3. The van der Waals surface area contributed by atoms with Gasteiger partial charge in [-0.05, 0) is 23.6 Å². The van der Waals surface area contributed by atoms with Crippen LogP contribution in [0.15, 0.2) is 54.7 Å². The highest BCUT2D eigenvalue weighted by molar-refractivity contribution is 7.88. The number of hydrogen-bond donors (Lipinski definition) is 2. The van der Waals surface area contributed by atoms with E-state index in [1.807, 2.05) is 24.3 Å². The number of fused-ring (bicyclic) bond motifs is 3. The standard InChI is InChI=1S/C26H22N6O4S2/c1-38(35,36)32-10-9-18-22(14-32)37-23(28-18)12-21(33)17-7-4-8-19-24(17)30-26(29-19)31-25(34)20-11-15-5-2-3-6-16(15)13-27-20/h2-8,11,13H,9-10,12,14H2,1H3,(H2,29,30,31,34). The minimum absolute atomic E-state index is 0.0746. The number of thiazole rings is 1. The molecule has 0 fully saturated rings. The number of H-pyrrole nitrogens is 1. The number of ketones is 1. The Balaban J connectivity index is 1.21. The lowest BCUT2D eigenvalue weighted by atomic mass is 10.1. The summed E-state index contributed by atoms with van der Waals surface area (Å²) in [6, 6.07) is 14.6. The lowest BCUT2D eigenvalue weighted by molar-refractivity contribution is 0.0992. The lowest BCUT2D eigenvalue weighted by Gasteiger charge is -2.23. The van der Waals surface area contributed by atoms with E-state index in [4.69, 9.17) is 0 Å². The number of sulfonamides is 1. The molecule has 0 radical (unpaired) electrons. The van der Waals surface area contributed by atoms with E-state index in [1.54, 1.807) is 30.5 Å². The summed E-state index contributed by atoms with van der Waals surface area (Å²) >= 11 is 1.37. The minimum Gasteiger partial charge on any atom is -0.324 e. The van der Waals surface area contributed by atoms with Gasteiger partial charge in [-0.1, -0.05) is 30.3 Å². The molecule has 0 atom stereocenters. The van der Waals surface area contributed by atoms with Gasteiger partial charge >= 0.3 is 0 Å². The molecule has 0 bridgehead atoms. The number of carbonyl (C=O) groups excluding carboxylic acids is 2. The van der Waals surface area contributed by atoms with Gasteiger partial charge in [-0.3, -0.25) is 19.9 Å². The molecule has 6 rings (SSSR count). The topological polar surface area (TPSA) is 138 Å². The maximum Gasteiger partial charge on any atom is 0.276 e. The summed E-state index contributed by atoms with van der Waals surface area (Å²) in [5.41, 5.74) is 2.57. The first kappa shape index (κ1) is 24.3. The molecule has 2 aromatic carbocycles. The number of pyridine rings is 1. The Morgan fingerprint density at radius 3 is 2.74 bits per heavy atom. The zero-order valence-corrected chi connectivity index (χ0v) is 21.9. The molecule has 1 aliphatic rings. The molecule has 1 amide bonds. The van der Waals surface area contributed by atoms with E-state index >= 15 is 0 Å². The van der Waals surface area contributed by atoms with Gasteiger partial charge in [-0.15, -0.1) is 11.3 Å². The number of rotatable bonds is 6. The van der Waals surface area contributed by atoms with Crippen molar-refractivity contribution in [3.63, 3.8) is 0 Å². The molecule has 10 nitrogen and oxygen atoms in total. The van der Waals surface area contributed by atoms with E-state index in [2.05, 4.69) is 25.3 Å². The van der Waals surface area contributed by atoms with Crippen LogP contribution in [0, 0.1) is 0 Å². The predicted molar refractivity (Wildman–Crippen MR) is 145 cm³/mol. The van der Waals surface area contributed by atoms with Gasteiger partial charge in [0.2, 0.25) is 16.0 Å². The molecule has 4 heterocycles. The number of anilines is 1. The summed E-state index contributed by atoms with van der Waals surface area (Å²) in [6.07, 6.45) is 3.44. The molecule has 0 unspecified atom stereocenters. The first-order valence-corrected chi connectivity index (χ1v) is 14.5. The summed E-state index contributed by atoms with van der Waals surface area (Å²) in [7, 11) is -3.28. The van der Waals surface area contributed by atoms with Crippen molar-refractivity contribution in [2.45, 2.75) is 19.4 Å². The summed E-state index contributed by atoms with van der Waals surface area (Å²) in [5, 5.41) is 5.21. The van der Waals surface area contributed by atoms with Crippen LogP contribution in [0.3, 0.4) is 0 Å². The van der Waals surface area contributed by atoms with Crippen molar-refractivity contribution in [3.8, 4) is 0 Å².